The van der Waals surface area contributed by atoms with Crippen LogP contribution >= 0.6 is 11.8 Å². The molecule has 18 heavy (non-hydrogen) atoms. The number of rotatable bonds is 4. The van der Waals surface area contributed by atoms with Crippen molar-refractivity contribution in [2.24, 2.45) is 0 Å². The Kier molecular flexibility index (Phi) is 3.88. The van der Waals surface area contributed by atoms with E-state index in [1.54, 1.807) is 30.6 Å². The van der Waals surface area contributed by atoms with E-state index in [1.165, 1.54) is 11.8 Å². The zero-order chi connectivity index (χ0) is 13.0. The van der Waals surface area contributed by atoms with Crippen LogP contribution in [0.1, 0.15) is 12.2 Å². The first-order valence-electron chi connectivity index (χ1n) is 5.26. The molecule has 0 aromatic carbocycles. The molecule has 0 saturated carbocycles. The third kappa shape index (κ3) is 3.27. The van der Waals surface area contributed by atoms with Crippen LogP contribution in [0, 0.1) is 0 Å². The summed E-state index contributed by atoms with van der Waals surface area (Å²) in [5, 5.41) is 11.4. The van der Waals surface area contributed by atoms with Crippen molar-refractivity contribution in [3.63, 3.8) is 0 Å². The molecule has 1 aliphatic rings. The van der Waals surface area contributed by atoms with Gasteiger partial charge < -0.3 is 14.8 Å². The number of thioether (sulfide) groups is 1. The van der Waals surface area contributed by atoms with Crippen molar-refractivity contribution < 1.29 is 19.1 Å². The maximum Gasteiger partial charge on any atom is 0.305 e. The van der Waals surface area contributed by atoms with E-state index in [1.807, 2.05) is 6.07 Å². The van der Waals surface area contributed by atoms with E-state index >= 15 is 0 Å². The van der Waals surface area contributed by atoms with Gasteiger partial charge in [-0.25, -0.2) is 0 Å². The Morgan fingerprint density at radius 1 is 1.61 bits per heavy atom. The molecule has 0 radical (unpaired) electrons. The van der Waals surface area contributed by atoms with Gasteiger partial charge in [0.05, 0.1) is 17.7 Å². The molecule has 1 aromatic heterocycles. The van der Waals surface area contributed by atoms with Gasteiger partial charge in [-0.3, -0.25) is 9.59 Å². The summed E-state index contributed by atoms with van der Waals surface area (Å²) in [5.74, 6) is -0.529. The third-order valence-electron chi connectivity index (χ3n) is 2.22. The number of aliphatic carboxylic acids is 1. The zero-order valence-electron chi connectivity index (χ0n) is 9.33. The highest BCUT2D eigenvalue weighted by Crippen LogP contribution is 2.29. The fraction of sp³-hybridized carbons (Fsp3) is 0.167. The van der Waals surface area contributed by atoms with Crippen LogP contribution in [0.15, 0.2) is 40.0 Å². The van der Waals surface area contributed by atoms with E-state index in [0.29, 0.717) is 10.8 Å². The summed E-state index contributed by atoms with van der Waals surface area (Å²) in [4.78, 5) is 22.0. The number of carbonyl (C=O) groups is 2. The standard InChI is InChI=1S/C12H11NO4S/c14-11(15)7-9-12(16)13-10(18-9)5-1-3-8-4-2-6-17-8/h1-6,9H,7H2,(H,13,16)(H,14,15)/b3-1?,10-5+. The summed E-state index contributed by atoms with van der Waals surface area (Å²) in [6.07, 6.45) is 6.61. The second-order valence-electron chi connectivity index (χ2n) is 3.60. The van der Waals surface area contributed by atoms with Gasteiger partial charge in [0.2, 0.25) is 5.91 Å². The lowest BCUT2D eigenvalue weighted by Crippen LogP contribution is -2.24. The van der Waals surface area contributed by atoms with Gasteiger partial charge in [0, 0.05) is 0 Å². The molecule has 0 aliphatic carbocycles. The van der Waals surface area contributed by atoms with E-state index in [0.717, 1.165) is 0 Å². The Hall–Kier alpha value is -1.95. The first-order chi connectivity index (χ1) is 8.65. The quantitative estimate of drug-likeness (QED) is 0.868. The average molecular weight is 265 g/mol. The minimum absolute atomic E-state index is 0.171. The number of carboxylic acid groups (broad SMARTS) is 1. The highest BCUT2D eigenvalue weighted by Gasteiger charge is 2.30. The number of amides is 1. The molecule has 2 heterocycles. The van der Waals surface area contributed by atoms with Crippen LogP contribution in [0.3, 0.4) is 0 Å². The van der Waals surface area contributed by atoms with Crippen LogP contribution < -0.4 is 5.32 Å². The van der Waals surface area contributed by atoms with Gasteiger partial charge in [-0.15, -0.1) is 0 Å². The van der Waals surface area contributed by atoms with Crippen molar-refractivity contribution in [3.8, 4) is 0 Å². The molecule has 5 nitrogen and oxygen atoms in total. The molecule has 2 N–H and O–H groups in total. The van der Waals surface area contributed by atoms with Gasteiger partial charge in [0.15, 0.2) is 0 Å². The maximum absolute atomic E-state index is 11.4. The zero-order valence-corrected chi connectivity index (χ0v) is 10.1. The molecule has 1 unspecified atom stereocenters. The molecule has 0 spiro atoms. The minimum atomic E-state index is -0.977. The lowest BCUT2D eigenvalue weighted by Gasteiger charge is -1.98. The SMILES string of the molecule is O=C(O)CC1S/C(=C/C=Cc2ccco2)NC1=O. The smallest absolute Gasteiger partial charge is 0.305 e. The van der Waals surface area contributed by atoms with E-state index in [2.05, 4.69) is 5.32 Å². The van der Waals surface area contributed by atoms with Crippen molar-refractivity contribution in [2.45, 2.75) is 11.7 Å². The van der Waals surface area contributed by atoms with Gasteiger partial charge in [-0.1, -0.05) is 17.8 Å². The Bertz CT molecular complexity index is 504. The minimum Gasteiger partial charge on any atom is -0.481 e. The number of furan rings is 1. The molecule has 1 aliphatic heterocycles. The van der Waals surface area contributed by atoms with Gasteiger partial charge in [0.1, 0.15) is 11.0 Å². The molecular weight excluding hydrogens is 254 g/mol. The van der Waals surface area contributed by atoms with E-state index in [-0.39, 0.29) is 12.3 Å². The Balaban J connectivity index is 1.95. The predicted octanol–water partition coefficient (Wildman–Crippen LogP) is 1.84. The fourth-order valence-electron chi connectivity index (χ4n) is 1.43. The summed E-state index contributed by atoms with van der Waals surface area (Å²) < 4.78 is 5.11. The first kappa shape index (κ1) is 12.5. The second-order valence-corrected chi connectivity index (χ2v) is 4.84. The molecule has 94 valence electrons. The van der Waals surface area contributed by atoms with Gasteiger partial charge in [-0.2, -0.15) is 0 Å². The normalized spacial score (nSPS) is 21.7. The summed E-state index contributed by atoms with van der Waals surface area (Å²) in [6, 6.07) is 3.59. The molecule has 1 atom stereocenters. The topological polar surface area (TPSA) is 79.5 Å². The van der Waals surface area contributed by atoms with Crippen molar-refractivity contribution in [3.05, 3.63) is 41.3 Å². The van der Waals surface area contributed by atoms with Crippen molar-refractivity contribution in [2.75, 3.05) is 0 Å². The number of hydrogen-bond acceptors (Lipinski definition) is 4. The van der Waals surface area contributed by atoms with Crippen LogP contribution in [0.25, 0.3) is 6.08 Å². The van der Waals surface area contributed by atoms with Crippen LogP contribution in [0.5, 0.6) is 0 Å². The lowest BCUT2D eigenvalue weighted by molar-refractivity contribution is -0.138. The van der Waals surface area contributed by atoms with Crippen LogP contribution in [0.2, 0.25) is 0 Å². The third-order valence-corrected chi connectivity index (χ3v) is 3.38. The summed E-state index contributed by atoms with van der Waals surface area (Å²) in [7, 11) is 0. The Morgan fingerprint density at radius 2 is 2.44 bits per heavy atom. The molecule has 1 aromatic rings. The number of allylic oxidation sites excluding steroid dienone is 2. The molecule has 1 fully saturated rings. The largest absolute Gasteiger partial charge is 0.481 e. The number of nitrogens with one attached hydrogen (secondary N) is 1. The van der Waals surface area contributed by atoms with E-state index < -0.39 is 11.2 Å². The van der Waals surface area contributed by atoms with Gasteiger partial charge in [0.25, 0.3) is 0 Å². The summed E-state index contributed by atoms with van der Waals surface area (Å²) >= 11 is 1.22. The molecule has 1 amide bonds. The number of carbonyl (C=O) groups excluding carboxylic acids is 1. The van der Waals surface area contributed by atoms with Gasteiger partial charge in [-0.05, 0) is 24.3 Å². The summed E-state index contributed by atoms with van der Waals surface area (Å²) in [6.45, 7) is 0. The van der Waals surface area contributed by atoms with Crippen molar-refractivity contribution in [1.29, 1.82) is 0 Å². The lowest BCUT2D eigenvalue weighted by atomic mass is 10.3. The van der Waals surface area contributed by atoms with E-state index in [9.17, 15) is 9.59 Å². The second kappa shape index (κ2) is 5.59. The summed E-state index contributed by atoms with van der Waals surface area (Å²) in [5.41, 5.74) is 0. The molecule has 1 saturated heterocycles. The maximum atomic E-state index is 11.4. The molecular formula is C12H11NO4S. The first-order valence-corrected chi connectivity index (χ1v) is 6.14. The number of carboxylic acids is 1. The molecule has 6 heteroatoms. The van der Waals surface area contributed by atoms with Crippen molar-refractivity contribution in [1.82, 2.24) is 5.32 Å². The highest BCUT2D eigenvalue weighted by molar-refractivity contribution is 8.04. The Labute approximate surface area is 108 Å². The number of hydrogen-bond donors (Lipinski definition) is 2. The predicted molar refractivity (Wildman–Crippen MR) is 67.6 cm³/mol. The average Bonchev–Trinajstić information content (AvgIpc) is 2.90. The van der Waals surface area contributed by atoms with Crippen LogP contribution in [0.4, 0.5) is 0 Å². The van der Waals surface area contributed by atoms with Crippen LogP contribution in [-0.4, -0.2) is 22.2 Å². The molecule has 0 bridgehead atoms. The van der Waals surface area contributed by atoms with E-state index in [4.69, 9.17) is 9.52 Å². The molecule has 2 rings (SSSR count). The Morgan fingerprint density at radius 3 is 3.11 bits per heavy atom. The monoisotopic (exact) mass is 265 g/mol. The fourth-order valence-corrected chi connectivity index (χ4v) is 2.44. The van der Waals surface area contributed by atoms with Crippen molar-refractivity contribution >= 4 is 29.7 Å². The van der Waals surface area contributed by atoms with Gasteiger partial charge >= 0.3 is 5.97 Å². The highest BCUT2D eigenvalue weighted by atomic mass is 32.2. The van der Waals surface area contributed by atoms with Crippen LogP contribution in [-0.2, 0) is 9.59 Å².